The molecule has 0 fully saturated rings. The number of carboxylic acids is 1. The molecule has 4 rings (SSSR count). The van der Waals surface area contributed by atoms with Crippen molar-refractivity contribution in [2.75, 3.05) is 13.2 Å². The summed E-state index contributed by atoms with van der Waals surface area (Å²) in [6.07, 6.45) is 1.75. The number of nitrogens with zero attached hydrogens (tertiary/aromatic N) is 2. The molecule has 7 nitrogen and oxygen atoms in total. The number of imidazole rings is 1. The number of aliphatic carboxylic acids is 1. The molecule has 148 valence electrons. The molecule has 9 heteroatoms. The highest BCUT2D eigenvalue weighted by Gasteiger charge is 2.14. The van der Waals surface area contributed by atoms with Crippen LogP contribution in [-0.2, 0) is 4.79 Å². The Bertz CT molecular complexity index is 1340. The normalized spacial score (nSPS) is 12.0. The van der Waals surface area contributed by atoms with Gasteiger partial charge in [0.15, 0.2) is 23.1 Å². The van der Waals surface area contributed by atoms with Gasteiger partial charge < -0.3 is 14.6 Å². The number of hydrogen-bond donors (Lipinski definition) is 1. The zero-order valence-electron chi connectivity index (χ0n) is 15.2. The number of para-hydroxylation sites is 2. The van der Waals surface area contributed by atoms with Gasteiger partial charge in [0.1, 0.15) is 0 Å². The van der Waals surface area contributed by atoms with Crippen LogP contribution in [0.15, 0.2) is 45.7 Å². The first kappa shape index (κ1) is 19.4. The standard InChI is InChI=1S/C20H15BrN2O5S/c1-2-27-15-8-11(7-12(21)18(15)28-10-17(24)25)9-16-19(26)23-14-6-4-3-5-13(14)22-20(23)29-16/h3-9H,2,10H2,1H3,(H,24,25)/b16-9-. The quantitative estimate of drug-likeness (QED) is 0.461. The van der Waals surface area contributed by atoms with E-state index in [4.69, 9.17) is 14.6 Å². The molecule has 0 aliphatic rings. The van der Waals surface area contributed by atoms with Crippen molar-refractivity contribution in [3.05, 3.63) is 61.3 Å². The molecule has 2 aromatic carbocycles. The van der Waals surface area contributed by atoms with E-state index in [0.29, 0.717) is 37.6 Å². The number of rotatable bonds is 6. The largest absolute Gasteiger partial charge is 0.490 e. The van der Waals surface area contributed by atoms with E-state index >= 15 is 0 Å². The second-order valence-electron chi connectivity index (χ2n) is 6.08. The van der Waals surface area contributed by atoms with Gasteiger partial charge in [0.05, 0.1) is 26.6 Å². The Morgan fingerprint density at radius 3 is 2.86 bits per heavy atom. The van der Waals surface area contributed by atoms with Crippen molar-refractivity contribution in [2.24, 2.45) is 0 Å². The zero-order valence-corrected chi connectivity index (χ0v) is 17.6. The molecule has 2 aromatic heterocycles. The Morgan fingerprint density at radius 2 is 2.10 bits per heavy atom. The fourth-order valence-corrected chi connectivity index (χ4v) is 4.53. The van der Waals surface area contributed by atoms with E-state index < -0.39 is 12.6 Å². The molecule has 0 aliphatic heterocycles. The highest BCUT2D eigenvalue weighted by atomic mass is 79.9. The van der Waals surface area contributed by atoms with E-state index in [2.05, 4.69) is 20.9 Å². The van der Waals surface area contributed by atoms with Gasteiger partial charge in [-0.15, -0.1) is 0 Å². The third kappa shape index (κ3) is 3.70. The smallest absolute Gasteiger partial charge is 0.341 e. The van der Waals surface area contributed by atoms with Gasteiger partial charge in [0.2, 0.25) is 0 Å². The topological polar surface area (TPSA) is 90.1 Å². The van der Waals surface area contributed by atoms with Crippen LogP contribution in [-0.4, -0.2) is 33.7 Å². The number of carboxylic acid groups (broad SMARTS) is 1. The van der Waals surface area contributed by atoms with Gasteiger partial charge in [0, 0.05) is 0 Å². The van der Waals surface area contributed by atoms with Crippen molar-refractivity contribution in [1.82, 2.24) is 9.38 Å². The second kappa shape index (κ2) is 7.84. The van der Waals surface area contributed by atoms with Gasteiger partial charge in [-0.1, -0.05) is 23.5 Å². The van der Waals surface area contributed by atoms with E-state index in [0.717, 1.165) is 11.0 Å². The Balaban J connectivity index is 1.82. The number of fused-ring (bicyclic) bond motifs is 3. The molecule has 1 N–H and O–H groups in total. The minimum absolute atomic E-state index is 0.140. The Morgan fingerprint density at radius 1 is 1.31 bits per heavy atom. The van der Waals surface area contributed by atoms with E-state index in [1.807, 2.05) is 31.2 Å². The lowest BCUT2D eigenvalue weighted by Gasteiger charge is -2.13. The summed E-state index contributed by atoms with van der Waals surface area (Å²) in [5, 5.41) is 8.86. The summed E-state index contributed by atoms with van der Waals surface area (Å²) >= 11 is 4.71. The second-order valence-corrected chi connectivity index (χ2v) is 7.94. The third-order valence-electron chi connectivity index (χ3n) is 4.11. The highest BCUT2D eigenvalue weighted by Crippen LogP contribution is 2.37. The fourth-order valence-electron chi connectivity index (χ4n) is 2.97. The molecule has 0 bridgehead atoms. The Kier molecular flexibility index (Phi) is 5.25. The van der Waals surface area contributed by atoms with Crippen LogP contribution in [0, 0.1) is 0 Å². The van der Waals surface area contributed by atoms with Gasteiger partial charge in [-0.05, 0) is 58.8 Å². The van der Waals surface area contributed by atoms with Crippen molar-refractivity contribution in [2.45, 2.75) is 6.92 Å². The summed E-state index contributed by atoms with van der Waals surface area (Å²) in [6.45, 7) is 1.72. The maximum absolute atomic E-state index is 12.9. The summed E-state index contributed by atoms with van der Waals surface area (Å²) in [5.74, 6) is -0.380. The molecule has 0 radical (unpaired) electrons. The molecule has 4 aromatic rings. The number of aromatic nitrogens is 2. The van der Waals surface area contributed by atoms with Crippen molar-refractivity contribution in [3.63, 3.8) is 0 Å². The summed E-state index contributed by atoms with van der Waals surface area (Å²) < 4.78 is 13.6. The number of hydrogen-bond acceptors (Lipinski definition) is 6. The Labute approximate surface area is 176 Å². The lowest BCUT2D eigenvalue weighted by atomic mass is 10.2. The van der Waals surface area contributed by atoms with Gasteiger partial charge in [0.25, 0.3) is 5.56 Å². The van der Waals surface area contributed by atoms with Crippen LogP contribution in [0.1, 0.15) is 12.5 Å². The van der Waals surface area contributed by atoms with Gasteiger partial charge in [-0.25, -0.2) is 14.2 Å². The number of carbonyl (C=O) groups is 1. The lowest BCUT2D eigenvalue weighted by Crippen LogP contribution is -2.22. The predicted octanol–water partition coefficient (Wildman–Crippen LogP) is 3.08. The van der Waals surface area contributed by atoms with Gasteiger partial charge in [-0.3, -0.25) is 4.79 Å². The molecule has 0 saturated heterocycles. The summed E-state index contributed by atoms with van der Waals surface area (Å²) in [7, 11) is 0. The minimum Gasteiger partial charge on any atom is -0.490 e. The first-order valence-electron chi connectivity index (χ1n) is 8.70. The number of benzene rings is 2. The molecule has 0 amide bonds. The van der Waals surface area contributed by atoms with Crippen LogP contribution in [0.4, 0.5) is 0 Å². The van der Waals surface area contributed by atoms with Gasteiger partial charge in [-0.2, -0.15) is 0 Å². The first-order valence-corrected chi connectivity index (χ1v) is 10.3. The van der Waals surface area contributed by atoms with Crippen LogP contribution in [0.5, 0.6) is 11.5 Å². The average molecular weight is 475 g/mol. The first-order chi connectivity index (χ1) is 14.0. The highest BCUT2D eigenvalue weighted by molar-refractivity contribution is 9.10. The number of halogens is 1. The van der Waals surface area contributed by atoms with Crippen LogP contribution in [0.2, 0.25) is 0 Å². The number of thiazole rings is 1. The van der Waals surface area contributed by atoms with Crippen molar-refractivity contribution < 1.29 is 19.4 Å². The molecule has 0 atom stereocenters. The fraction of sp³-hybridized carbons (Fsp3) is 0.150. The van der Waals surface area contributed by atoms with E-state index in [9.17, 15) is 9.59 Å². The molecular formula is C20H15BrN2O5S. The molecule has 29 heavy (non-hydrogen) atoms. The molecule has 0 saturated carbocycles. The van der Waals surface area contributed by atoms with Crippen molar-refractivity contribution in [3.8, 4) is 11.5 Å². The third-order valence-corrected chi connectivity index (χ3v) is 5.67. The molecule has 0 spiro atoms. The van der Waals surface area contributed by atoms with Crippen molar-refractivity contribution in [1.29, 1.82) is 0 Å². The summed E-state index contributed by atoms with van der Waals surface area (Å²) in [5.41, 5.74) is 2.13. The van der Waals surface area contributed by atoms with Crippen LogP contribution >= 0.6 is 27.3 Å². The zero-order chi connectivity index (χ0) is 20.5. The van der Waals surface area contributed by atoms with Crippen LogP contribution in [0.25, 0.3) is 22.1 Å². The van der Waals surface area contributed by atoms with Crippen LogP contribution in [0.3, 0.4) is 0 Å². The molecule has 0 unspecified atom stereocenters. The molecule has 2 heterocycles. The maximum atomic E-state index is 12.9. The average Bonchev–Trinajstić information content (AvgIpc) is 3.17. The monoisotopic (exact) mass is 474 g/mol. The summed E-state index contributed by atoms with van der Waals surface area (Å²) in [6, 6.07) is 11.0. The summed E-state index contributed by atoms with van der Waals surface area (Å²) in [4.78, 5) is 28.9. The Hall–Kier alpha value is -2.91. The SMILES string of the molecule is CCOc1cc(/C=c2\sc3nc4ccccc4n3c2=O)cc(Br)c1OCC(=O)O. The van der Waals surface area contributed by atoms with E-state index in [1.165, 1.54) is 11.3 Å². The maximum Gasteiger partial charge on any atom is 0.341 e. The van der Waals surface area contributed by atoms with E-state index in [1.54, 1.807) is 22.6 Å². The number of ether oxygens (including phenoxy) is 2. The minimum atomic E-state index is -1.08. The van der Waals surface area contributed by atoms with Crippen LogP contribution < -0.4 is 19.6 Å². The van der Waals surface area contributed by atoms with Crippen molar-refractivity contribution >= 4 is 55.3 Å². The molecule has 0 aliphatic carbocycles. The molecular weight excluding hydrogens is 460 g/mol. The van der Waals surface area contributed by atoms with Gasteiger partial charge >= 0.3 is 5.97 Å². The lowest BCUT2D eigenvalue weighted by molar-refractivity contribution is -0.139. The van der Waals surface area contributed by atoms with E-state index in [-0.39, 0.29) is 5.56 Å². The predicted molar refractivity (Wildman–Crippen MR) is 114 cm³/mol.